The van der Waals surface area contributed by atoms with E-state index in [1.165, 1.54) is 83.5 Å². The number of carboxylic acid groups (broad SMARTS) is 1. The molecule has 1 N–H and O–H groups in total. The first-order chi connectivity index (χ1) is 30.6. The molecule has 9 nitrogen and oxygen atoms in total. The molecule has 0 aromatic rings. The van der Waals surface area contributed by atoms with Crippen LogP contribution in [0, 0.1) is 0 Å². The molecule has 0 aromatic heterocycles. The molecule has 0 radical (unpaired) electrons. The van der Waals surface area contributed by atoms with Crippen LogP contribution in [0.3, 0.4) is 0 Å². The Morgan fingerprint density at radius 1 is 0.492 bits per heavy atom. The van der Waals surface area contributed by atoms with E-state index in [0.29, 0.717) is 17.4 Å². The Morgan fingerprint density at radius 2 is 0.905 bits per heavy atom. The van der Waals surface area contributed by atoms with E-state index in [-0.39, 0.29) is 38.6 Å². The predicted molar refractivity (Wildman–Crippen MR) is 263 cm³/mol. The maximum absolute atomic E-state index is 12.8. The largest absolute Gasteiger partial charge is 0.477 e. The summed E-state index contributed by atoms with van der Waals surface area (Å²) < 4.78 is 22.8. The Hall–Kier alpha value is -3.27. The van der Waals surface area contributed by atoms with Crippen molar-refractivity contribution >= 4 is 17.9 Å². The lowest BCUT2D eigenvalue weighted by Crippen LogP contribution is -2.40. The van der Waals surface area contributed by atoms with Crippen molar-refractivity contribution in [2.24, 2.45) is 0 Å². The fourth-order valence-electron chi connectivity index (χ4n) is 6.56. The molecule has 0 aromatic carbocycles. The van der Waals surface area contributed by atoms with Crippen molar-refractivity contribution in [2.45, 2.75) is 206 Å². The SMILES string of the molecule is CC/C=C\C/C=C\C/C=C\C/C=C\CCCCCCC(=O)OC(COC(=O)CCCCCCCCCCC/C=C\C/C=C\CCCCCCC)COC(OCC[N+](C)(C)C)C(=O)O. The van der Waals surface area contributed by atoms with E-state index in [9.17, 15) is 19.5 Å². The zero-order valence-corrected chi connectivity index (χ0v) is 41.0. The second kappa shape index (κ2) is 45.3. The number of nitrogens with zero attached hydrogens (tertiary/aromatic N) is 1. The van der Waals surface area contributed by atoms with E-state index in [0.717, 1.165) is 77.0 Å². The maximum Gasteiger partial charge on any atom is 0.361 e. The number of unbranched alkanes of at least 4 members (excludes halogenated alkanes) is 18. The van der Waals surface area contributed by atoms with Crippen molar-refractivity contribution in [3.63, 3.8) is 0 Å². The van der Waals surface area contributed by atoms with Gasteiger partial charge >= 0.3 is 17.9 Å². The van der Waals surface area contributed by atoms with E-state index in [1.54, 1.807) is 0 Å². The summed E-state index contributed by atoms with van der Waals surface area (Å²) in [5.41, 5.74) is 0. The average Bonchev–Trinajstić information content (AvgIpc) is 3.24. The third-order valence-corrected chi connectivity index (χ3v) is 10.4. The molecule has 2 unspecified atom stereocenters. The molecule has 0 rings (SSSR count). The molecule has 0 amide bonds. The molecule has 2 atom stereocenters. The lowest BCUT2D eigenvalue weighted by molar-refractivity contribution is -0.870. The van der Waals surface area contributed by atoms with Crippen LogP contribution in [0.15, 0.2) is 72.9 Å². The van der Waals surface area contributed by atoms with Gasteiger partial charge in [-0.05, 0) is 83.5 Å². The summed E-state index contributed by atoms with van der Waals surface area (Å²) in [4.78, 5) is 37.2. The van der Waals surface area contributed by atoms with Gasteiger partial charge in [0.25, 0.3) is 6.29 Å². The summed E-state index contributed by atoms with van der Waals surface area (Å²) >= 11 is 0. The fraction of sp³-hybridized carbons (Fsp3) is 0.722. The molecule has 0 saturated heterocycles. The normalized spacial score (nSPS) is 13.5. The van der Waals surface area contributed by atoms with Crippen molar-refractivity contribution in [3.8, 4) is 0 Å². The number of carbonyl (C=O) groups excluding carboxylic acids is 2. The summed E-state index contributed by atoms with van der Waals surface area (Å²) in [5, 5.41) is 9.66. The Kier molecular flexibility index (Phi) is 43.0. The zero-order valence-electron chi connectivity index (χ0n) is 41.0. The van der Waals surface area contributed by atoms with Crippen molar-refractivity contribution in [1.29, 1.82) is 0 Å². The Morgan fingerprint density at radius 3 is 1.35 bits per heavy atom. The van der Waals surface area contributed by atoms with Crippen molar-refractivity contribution in [1.82, 2.24) is 0 Å². The van der Waals surface area contributed by atoms with E-state index < -0.39 is 24.3 Å². The number of carbonyl (C=O) groups is 3. The lowest BCUT2D eigenvalue weighted by atomic mass is 10.1. The van der Waals surface area contributed by atoms with Gasteiger partial charge in [0.05, 0.1) is 34.4 Å². The molecule has 0 aliphatic rings. The van der Waals surface area contributed by atoms with Gasteiger partial charge in [-0.3, -0.25) is 9.59 Å². The summed E-state index contributed by atoms with van der Waals surface area (Å²) in [6.07, 6.45) is 53.9. The van der Waals surface area contributed by atoms with Crippen LogP contribution in [0.5, 0.6) is 0 Å². The van der Waals surface area contributed by atoms with Crippen molar-refractivity contribution in [3.05, 3.63) is 72.9 Å². The molecule has 0 fully saturated rings. The molecule has 0 bridgehead atoms. The van der Waals surface area contributed by atoms with Gasteiger partial charge in [-0.15, -0.1) is 0 Å². The smallest absolute Gasteiger partial charge is 0.361 e. The van der Waals surface area contributed by atoms with Crippen LogP contribution < -0.4 is 0 Å². The second-order valence-corrected chi connectivity index (χ2v) is 17.7. The molecule has 0 aliphatic heterocycles. The molecule has 63 heavy (non-hydrogen) atoms. The highest BCUT2D eigenvalue weighted by Crippen LogP contribution is 2.14. The van der Waals surface area contributed by atoms with E-state index in [4.69, 9.17) is 18.9 Å². The number of esters is 2. The number of quaternary nitrogens is 1. The minimum atomic E-state index is -1.52. The van der Waals surface area contributed by atoms with Crippen molar-refractivity contribution in [2.75, 3.05) is 47.5 Å². The highest BCUT2D eigenvalue weighted by molar-refractivity contribution is 5.71. The van der Waals surface area contributed by atoms with Crippen LogP contribution in [-0.2, 0) is 33.3 Å². The average molecular weight is 885 g/mol. The van der Waals surface area contributed by atoms with E-state index >= 15 is 0 Å². The monoisotopic (exact) mass is 885 g/mol. The van der Waals surface area contributed by atoms with Crippen LogP contribution >= 0.6 is 0 Å². The number of hydrogen-bond acceptors (Lipinski definition) is 7. The maximum atomic E-state index is 12.8. The fourth-order valence-corrected chi connectivity index (χ4v) is 6.56. The minimum Gasteiger partial charge on any atom is -0.477 e. The number of ether oxygens (including phenoxy) is 4. The van der Waals surface area contributed by atoms with E-state index in [2.05, 4.69) is 86.8 Å². The van der Waals surface area contributed by atoms with E-state index in [1.807, 2.05) is 21.1 Å². The third kappa shape index (κ3) is 46.5. The first-order valence-corrected chi connectivity index (χ1v) is 25.1. The Balaban J connectivity index is 4.40. The molecular weight excluding hydrogens is 791 g/mol. The molecular formula is C54H94NO8+. The van der Waals surface area contributed by atoms with Gasteiger partial charge in [0.2, 0.25) is 0 Å². The van der Waals surface area contributed by atoms with Gasteiger partial charge in [-0.2, -0.15) is 0 Å². The zero-order chi connectivity index (χ0) is 46.3. The Labute approximate surface area is 386 Å². The summed E-state index contributed by atoms with van der Waals surface area (Å²) in [6.45, 7) is 4.71. The molecule has 9 heteroatoms. The van der Waals surface area contributed by atoms with Crippen LogP contribution in [0.25, 0.3) is 0 Å². The van der Waals surface area contributed by atoms with Crippen LogP contribution in [0.4, 0.5) is 0 Å². The molecule has 0 aliphatic carbocycles. The lowest BCUT2D eigenvalue weighted by Gasteiger charge is -2.25. The summed E-state index contributed by atoms with van der Waals surface area (Å²) in [5.74, 6) is -2.05. The molecule has 362 valence electrons. The van der Waals surface area contributed by atoms with Gasteiger partial charge in [-0.1, -0.05) is 170 Å². The number of allylic oxidation sites excluding steroid dienone is 12. The molecule has 0 saturated carbocycles. The molecule has 0 spiro atoms. The van der Waals surface area contributed by atoms with Crippen molar-refractivity contribution < 1.29 is 42.9 Å². The van der Waals surface area contributed by atoms with Crippen LogP contribution in [0.2, 0.25) is 0 Å². The van der Waals surface area contributed by atoms with Gasteiger partial charge in [0.1, 0.15) is 13.2 Å². The standard InChI is InChI=1S/C54H93NO8/c1-6-8-10-12-14-16-18-20-22-24-25-26-27-29-30-32-34-36-38-40-42-44-51(56)61-48-50(49-62-54(53(58)59)60-47-46-55(3,4)5)63-52(57)45-43-41-39-37-35-33-31-28-23-21-19-17-15-13-11-9-7-2/h9,11,15,17-18,20-21,23-25,31,33,50,54H,6-8,10,12-14,16,19,22,26-30,32,34-49H2,1-5H3/p+1/b11-9-,17-15-,20-18-,23-21-,25-24-,33-31-. The van der Waals surface area contributed by atoms with Gasteiger partial charge in [0, 0.05) is 12.8 Å². The number of aliphatic carboxylic acids is 1. The first-order valence-electron chi connectivity index (χ1n) is 25.1. The van der Waals surface area contributed by atoms with Crippen LogP contribution in [-0.4, -0.2) is 87.4 Å². The second-order valence-electron chi connectivity index (χ2n) is 17.7. The first kappa shape index (κ1) is 59.7. The quantitative estimate of drug-likeness (QED) is 0.0212. The van der Waals surface area contributed by atoms with Gasteiger partial charge in [0.15, 0.2) is 6.10 Å². The topological polar surface area (TPSA) is 108 Å². The molecule has 0 heterocycles. The van der Waals surface area contributed by atoms with Gasteiger partial charge < -0.3 is 28.5 Å². The number of likely N-dealkylation sites (N-methyl/N-ethyl adjacent to an activating group) is 1. The Bertz CT molecular complexity index is 1260. The minimum absolute atomic E-state index is 0.178. The van der Waals surface area contributed by atoms with Gasteiger partial charge in [-0.25, -0.2) is 4.79 Å². The number of hydrogen-bond donors (Lipinski definition) is 1. The van der Waals surface area contributed by atoms with Crippen LogP contribution in [0.1, 0.15) is 194 Å². The number of carboxylic acids is 1. The summed E-state index contributed by atoms with van der Waals surface area (Å²) in [7, 11) is 5.94. The predicted octanol–water partition coefficient (Wildman–Crippen LogP) is 13.9. The highest BCUT2D eigenvalue weighted by atomic mass is 16.7. The third-order valence-electron chi connectivity index (χ3n) is 10.4. The highest BCUT2D eigenvalue weighted by Gasteiger charge is 2.25. The summed E-state index contributed by atoms with van der Waals surface area (Å²) in [6, 6.07) is 0. The number of rotatable bonds is 45.